The van der Waals surface area contributed by atoms with Gasteiger partial charge in [0.05, 0.1) is 18.8 Å². The highest BCUT2D eigenvalue weighted by Gasteiger charge is 2.28. The summed E-state index contributed by atoms with van der Waals surface area (Å²) in [4.78, 5) is 15.9. The fourth-order valence-electron chi connectivity index (χ4n) is 1.59. The molecule has 0 saturated carbocycles. The van der Waals surface area contributed by atoms with Gasteiger partial charge in [0.15, 0.2) is 0 Å². The standard InChI is InChI=1S/C13H20N2O3/c1-2-13(9-16,10-17)15-12(18)7-6-11-5-3-4-8-14-11/h3-5,8,16-17H,2,6-7,9-10H2,1H3,(H,15,18). The summed E-state index contributed by atoms with van der Waals surface area (Å²) in [7, 11) is 0. The molecular formula is C13H20N2O3. The van der Waals surface area contributed by atoms with E-state index in [9.17, 15) is 15.0 Å². The van der Waals surface area contributed by atoms with Crippen LogP contribution in [-0.4, -0.2) is 39.9 Å². The first-order chi connectivity index (χ1) is 8.65. The normalized spacial score (nSPS) is 11.3. The van der Waals surface area contributed by atoms with Gasteiger partial charge < -0.3 is 15.5 Å². The number of hydrogen-bond acceptors (Lipinski definition) is 4. The van der Waals surface area contributed by atoms with Crippen LogP contribution in [0.3, 0.4) is 0 Å². The average Bonchev–Trinajstić information content (AvgIpc) is 2.44. The van der Waals surface area contributed by atoms with Crippen molar-refractivity contribution in [2.75, 3.05) is 13.2 Å². The summed E-state index contributed by atoms with van der Waals surface area (Å²) in [6.45, 7) is 1.27. The number of aliphatic hydroxyl groups excluding tert-OH is 2. The maximum Gasteiger partial charge on any atom is 0.220 e. The van der Waals surface area contributed by atoms with Crippen LogP contribution >= 0.6 is 0 Å². The minimum atomic E-state index is -0.915. The fourth-order valence-corrected chi connectivity index (χ4v) is 1.59. The van der Waals surface area contributed by atoms with Gasteiger partial charge in [-0.2, -0.15) is 0 Å². The molecule has 0 aliphatic carbocycles. The Balaban J connectivity index is 2.46. The lowest BCUT2D eigenvalue weighted by Gasteiger charge is -2.29. The maximum atomic E-state index is 11.7. The molecular weight excluding hydrogens is 232 g/mol. The van der Waals surface area contributed by atoms with Crippen molar-refractivity contribution >= 4 is 5.91 Å². The average molecular weight is 252 g/mol. The van der Waals surface area contributed by atoms with Gasteiger partial charge in [-0.3, -0.25) is 9.78 Å². The molecule has 0 atom stereocenters. The number of aliphatic hydroxyl groups is 2. The monoisotopic (exact) mass is 252 g/mol. The molecule has 0 aliphatic rings. The van der Waals surface area contributed by atoms with E-state index in [2.05, 4.69) is 10.3 Å². The molecule has 100 valence electrons. The number of pyridine rings is 1. The smallest absolute Gasteiger partial charge is 0.220 e. The molecule has 0 aromatic carbocycles. The molecule has 0 spiro atoms. The van der Waals surface area contributed by atoms with E-state index in [4.69, 9.17) is 0 Å². The van der Waals surface area contributed by atoms with Crippen LogP contribution in [0.5, 0.6) is 0 Å². The number of rotatable bonds is 7. The third-order valence-electron chi connectivity index (χ3n) is 3.02. The van der Waals surface area contributed by atoms with Crippen molar-refractivity contribution < 1.29 is 15.0 Å². The predicted molar refractivity (Wildman–Crippen MR) is 67.9 cm³/mol. The predicted octanol–water partition coefficient (Wildman–Crippen LogP) is 0.264. The molecule has 0 unspecified atom stereocenters. The summed E-state index contributed by atoms with van der Waals surface area (Å²) in [5, 5.41) is 21.1. The molecule has 1 rings (SSSR count). The van der Waals surface area contributed by atoms with Crippen molar-refractivity contribution in [3.05, 3.63) is 30.1 Å². The van der Waals surface area contributed by atoms with Crippen molar-refractivity contribution in [2.24, 2.45) is 0 Å². The maximum absolute atomic E-state index is 11.7. The SMILES string of the molecule is CCC(CO)(CO)NC(=O)CCc1ccccn1. The number of carbonyl (C=O) groups is 1. The third-order valence-corrected chi connectivity index (χ3v) is 3.02. The molecule has 1 aromatic heterocycles. The van der Waals surface area contributed by atoms with Gasteiger partial charge in [0.1, 0.15) is 0 Å². The van der Waals surface area contributed by atoms with Gasteiger partial charge >= 0.3 is 0 Å². The van der Waals surface area contributed by atoms with Gasteiger partial charge in [-0.25, -0.2) is 0 Å². The number of nitrogens with zero attached hydrogens (tertiary/aromatic N) is 1. The molecule has 18 heavy (non-hydrogen) atoms. The summed E-state index contributed by atoms with van der Waals surface area (Å²) < 4.78 is 0. The molecule has 1 heterocycles. The number of hydrogen-bond donors (Lipinski definition) is 3. The number of carbonyl (C=O) groups excluding carboxylic acids is 1. The van der Waals surface area contributed by atoms with Crippen LogP contribution < -0.4 is 5.32 Å². The number of nitrogens with one attached hydrogen (secondary N) is 1. The van der Waals surface area contributed by atoms with Crippen LogP contribution in [0.15, 0.2) is 24.4 Å². The van der Waals surface area contributed by atoms with Gasteiger partial charge in [-0.1, -0.05) is 13.0 Å². The van der Waals surface area contributed by atoms with E-state index in [-0.39, 0.29) is 19.1 Å². The second kappa shape index (κ2) is 7.08. The van der Waals surface area contributed by atoms with Crippen molar-refractivity contribution in [3.8, 4) is 0 Å². The lowest BCUT2D eigenvalue weighted by Crippen LogP contribution is -2.53. The zero-order valence-electron chi connectivity index (χ0n) is 10.6. The van der Waals surface area contributed by atoms with E-state index in [0.717, 1.165) is 5.69 Å². The highest BCUT2D eigenvalue weighted by atomic mass is 16.3. The molecule has 1 amide bonds. The Morgan fingerprint density at radius 1 is 1.39 bits per heavy atom. The first kappa shape index (κ1) is 14.6. The Labute approximate surface area is 107 Å². The lowest BCUT2D eigenvalue weighted by molar-refractivity contribution is -0.124. The van der Waals surface area contributed by atoms with Crippen LogP contribution in [0.4, 0.5) is 0 Å². The van der Waals surface area contributed by atoms with Gasteiger partial charge in [-0.05, 0) is 25.0 Å². The van der Waals surface area contributed by atoms with Crippen LogP contribution in [-0.2, 0) is 11.2 Å². The molecule has 1 aromatic rings. The van der Waals surface area contributed by atoms with Gasteiger partial charge in [-0.15, -0.1) is 0 Å². The van der Waals surface area contributed by atoms with Crippen LogP contribution in [0.2, 0.25) is 0 Å². The van der Waals surface area contributed by atoms with Crippen molar-refractivity contribution in [2.45, 2.75) is 31.7 Å². The van der Waals surface area contributed by atoms with E-state index in [1.807, 2.05) is 25.1 Å². The van der Waals surface area contributed by atoms with E-state index < -0.39 is 5.54 Å². The second-order valence-electron chi connectivity index (χ2n) is 4.32. The first-order valence-electron chi connectivity index (χ1n) is 6.08. The highest BCUT2D eigenvalue weighted by Crippen LogP contribution is 2.09. The number of aryl methyl sites for hydroxylation is 1. The summed E-state index contributed by atoms with van der Waals surface area (Å²) in [6, 6.07) is 5.56. The molecule has 0 radical (unpaired) electrons. The van der Waals surface area contributed by atoms with E-state index in [1.165, 1.54) is 0 Å². The topological polar surface area (TPSA) is 82.5 Å². The largest absolute Gasteiger partial charge is 0.394 e. The first-order valence-corrected chi connectivity index (χ1v) is 6.08. The van der Waals surface area contributed by atoms with E-state index in [1.54, 1.807) is 6.20 Å². The minimum Gasteiger partial charge on any atom is -0.394 e. The molecule has 0 bridgehead atoms. The Bertz CT molecular complexity index is 355. The van der Waals surface area contributed by atoms with E-state index in [0.29, 0.717) is 19.3 Å². The van der Waals surface area contributed by atoms with Gasteiger partial charge in [0.25, 0.3) is 0 Å². The molecule has 0 aliphatic heterocycles. The Morgan fingerprint density at radius 2 is 2.11 bits per heavy atom. The third kappa shape index (κ3) is 4.09. The Hall–Kier alpha value is -1.46. The fraction of sp³-hybridized carbons (Fsp3) is 0.538. The molecule has 0 saturated heterocycles. The van der Waals surface area contributed by atoms with Crippen molar-refractivity contribution in [3.63, 3.8) is 0 Å². The molecule has 5 heteroatoms. The number of amides is 1. The van der Waals surface area contributed by atoms with Crippen molar-refractivity contribution in [1.82, 2.24) is 10.3 Å². The minimum absolute atomic E-state index is 0.189. The van der Waals surface area contributed by atoms with Gasteiger partial charge in [0, 0.05) is 18.3 Å². The quantitative estimate of drug-likeness (QED) is 0.650. The van der Waals surface area contributed by atoms with Crippen molar-refractivity contribution in [1.29, 1.82) is 0 Å². The second-order valence-corrected chi connectivity index (χ2v) is 4.32. The van der Waals surface area contributed by atoms with E-state index >= 15 is 0 Å². The van der Waals surface area contributed by atoms with Crippen LogP contribution in [0.1, 0.15) is 25.5 Å². The molecule has 5 nitrogen and oxygen atoms in total. The van der Waals surface area contributed by atoms with Gasteiger partial charge in [0.2, 0.25) is 5.91 Å². The Kier molecular flexibility index (Phi) is 5.74. The summed E-state index contributed by atoms with van der Waals surface area (Å²) in [5.41, 5.74) is -0.0657. The Morgan fingerprint density at radius 3 is 2.61 bits per heavy atom. The summed E-state index contributed by atoms with van der Waals surface area (Å²) in [6.07, 6.45) is 3.00. The van der Waals surface area contributed by atoms with Crippen LogP contribution in [0, 0.1) is 0 Å². The number of aromatic nitrogens is 1. The zero-order valence-corrected chi connectivity index (χ0v) is 10.6. The van der Waals surface area contributed by atoms with Crippen LogP contribution in [0.25, 0.3) is 0 Å². The summed E-state index contributed by atoms with van der Waals surface area (Å²) in [5.74, 6) is -0.189. The lowest BCUT2D eigenvalue weighted by atomic mass is 9.98. The molecule has 3 N–H and O–H groups in total. The highest BCUT2D eigenvalue weighted by molar-refractivity contribution is 5.77. The zero-order chi connectivity index (χ0) is 13.4. The molecule has 0 fully saturated rings. The summed E-state index contributed by atoms with van der Waals surface area (Å²) >= 11 is 0.